The molecule has 0 atom stereocenters. The predicted octanol–water partition coefficient (Wildman–Crippen LogP) is 5.29. The van der Waals surface area contributed by atoms with E-state index in [1.807, 2.05) is 20.8 Å². The lowest BCUT2D eigenvalue weighted by Crippen LogP contribution is -2.18. The molecule has 0 amide bonds. The van der Waals surface area contributed by atoms with Crippen LogP contribution >= 0.6 is 0 Å². The van der Waals surface area contributed by atoms with E-state index in [1.54, 1.807) is 12.1 Å². The summed E-state index contributed by atoms with van der Waals surface area (Å²) in [6.07, 6.45) is 0.844. The molecule has 2 aromatic carbocycles. The minimum Gasteiger partial charge on any atom is -0.423 e. The zero-order chi connectivity index (χ0) is 18.9. The Hall–Kier alpha value is -2.44. The normalized spacial score (nSPS) is 11.5. The highest BCUT2D eigenvalue weighted by Gasteiger charge is 2.31. The van der Waals surface area contributed by atoms with Gasteiger partial charge in [0.25, 0.3) is 0 Å². The van der Waals surface area contributed by atoms with Gasteiger partial charge < -0.3 is 4.74 Å². The van der Waals surface area contributed by atoms with Gasteiger partial charge in [0.05, 0.1) is 0 Å². The van der Waals surface area contributed by atoms with Crippen LogP contribution < -0.4 is 4.74 Å². The summed E-state index contributed by atoms with van der Waals surface area (Å²) in [6, 6.07) is 6.09. The van der Waals surface area contributed by atoms with Gasteiger partial charge in [-0.05, 0) is 29.5 Å². The molecule has 0 aliphatic rings. The molecule has 0 saturated heterocycles. The molecule has 0 fully saturated rings. The number of rotatable bonds is 4. The molecule has 0 aromatic heterocycles. The first kappa shape index (κ1) is 18.9. The molecule has 0 heterocycles. The summed E-state index contributed by atoms with van der Waals surface area (Å²) in [7, 11) is 0. The standard InChI is InChI=1S/C18H15F5O2/c1-4-18(2,3)9-5-7-10(8-6-9)25-17(24)11-12(19)14(21)16(23)15(22)13(11)20/h5-8H,4H2,1-3H3. The molecule has 25 heavy (non-hydrogen) atoms. The van der Waals surface area contributed by atoms with Crippen LogP contribution in [0.15, 0.2) is 24.3 Å². The molecule has 134 valence electrons. The SMILES string of the molecule is CCC(C)(C)c1ccc(OC(=O)c2c(F)c(F)c(F)c(F)c2F)cc1. The van der Waals surface area contributed by atoms with Crippen molar-refractivity contribution in [3.8, 4) is 5.75 Å². The number of esters is 1. The molecule has 7 heteroatoms. The number of hydrogen-bond donors (Lipinski definition) is 0. The van der Waals surface area contributed by atoms with Crippen molar-refractivity contribution in [1.82, 2.24) is 0 Å². The van der Waals surface area contributed by atoms with Gasteiger partial charge in [0.1, 0.15) is 11.3 Å². The van der Waals surface area contributed by atoms with E-state index < -0.39 is 40.6 Å². The monoisotopic (exact) mass is 358 g/mol. The average molecular weight is 358 g/mol. The van der Waals surface area contributed by atoms with Crippen molar-refractivity contribution < 1.29 is 31.5 Å². The minimum absolute atomic E-state index is 0.0791. The van der Waals surface area contributed by atoms with Crippen LogP contribution in [0, 0.1) is 29.1 Å². The summed E-state index contributed by atoms with van der Waals surface area (Å²) in [6.45, 7) is 6.00. The topological polar surface area (TPSA) is 26.3 Å². The third kappa shape index (κ3) is 3.50. The lowest BCUT2D eigenvalue weighted by atomic mass is 9.82. The van der Waals surface area contributed by atoms with Gasteiger partial charge in [-0.3, -0.25) is 0 Å². The lowest BCUT2D eigenvalue weighted by molar-refractivity contribution is 0.0721. The molecule has 0 aliphatic carbocycles. The summed E-state index contributed by atoms with van der Waals surface area (Å²) in [5.74, 6) is -13.0. The molecular weight excluding hydrogens is 343 g/mol. The first-order valence-corrected chi connectivity index (χ1v) is 7.44. The Labute approximate surface area is 141 Å². The quantitative estimate of drug-likeness (QED) is 0.244. The van der Waals surface area contributed by atoms with E-state index in [0.717, 1.165) is 12.0 Å². The van der Waals surface area contributed by atoms with Gasteiger partial charge in [-0.2, -0.15) is 0 Å². The van der Waals surface area contributed by atoms with Crippen LogP contribution in [0.25, 0.3) is 0 Å². The first-order chi connectivity index (χ1) is 11.6. The minimum atomic E-state index is -2.34. The molecule has 0 bridgehead atoms. The summed E-state index contributed by atoms with van der Waals surface area (Å²) >= 11 is 0. The Kier molecular flexibility index (Phi) is 5.15. The Bertz CT molecular complexity index is 784. The molecule has 0 radical (unpaired) electrons. The van der Waals surface area contributed by atoms with Gasteiger partial charge in [-0.25, -0.2) is 26.7 Å². The van der Waals surface area contributed by atoms with Gasteiger partial charge in [0.2, 0.25) is 5.82 Å². The Morgan fingerprint density at radius 1 is 0.880 bits per heavy atom. The highest BCUT2D eigenvalue weighted by Crippen LogP contribution is 2.29. The number of ether oxygens (including phenoxy) is 1. The van der Waals surface area contributed by atoms with Crippen LogP contribution in [-0.4, -0.2) is 5.97 Å². The number of carbonyl (C=O) groups excluding carboxylic acids is 1. The zero-order valence-electron chi connectivity index (χ0n) is 13.7. The second kappa shape index (κ2) is 6.82. The fraction of sp³-hybridized carbons (Fsp3) is 0.278. The van der Waals surface area contributed by atoms with E-state index >= 15 is 0 Å². The molecule has 2 nitrogen and oxygen atoms in total. The molecule has 2 aromatic rings. The second-order valence-electron chi connectivity index (χ2n) is 6.10. The van der Waals surface area contributed by atoms with Crippen LogP contribution in [0.3, 0.4) is 0 Å². The van der Waals surface area contributed by atoms with Gasteiger partial charge in [-0.1, -0.05) is 32.9 Å². The van der Waals surface area contributed by atoms with Crippen molar-refractivity contribution in [3.63, 3.8) is 0 Å². The maximum Gasteiger partial charge on any atom is 0.349 e. The number of hydrogen-bond acceptors (Lipinski definition) is 2. The number of halogens is 5. The molecule has 0 unspecified atom stereocenters. The largest absolute Gasteiger partial charge is 0.423 e. The van der Waals surface area contributed by atoms with E-state index in [2.05, 4.69) is 0 Å². The summed E-state index contributed by atoms with van der Waals surface area (Å²) in [5, 5.41) is 0. The van der Waals surface area contributed by atoms with Crippen LogP contribution in [0.2, 0.25) is 0 Å². The Morgan fingerprint density at radius 3 is 1.76 bits per heavy atom. The molecule has 0 N–H and O–H groups in total. The summed E-state index contributed by atoms with van der Waals surface area (Å²) in [5.41, 5.74) is -0.829. The van der Waals surface area contributed by atoms with Crippen molar-refractivity contribution >= 4 is 5.97 Å². The van der Waals surface area contributed by atoms with Gasteiger partial charge in [0.15, 0.2) is 23.3 Å². The van der Waals surface area contributed by atoms with Crippen LogP contribution in [0.1, 0.15) is 43.1 Å². The summed E-state index contributed by atoms with van der Waals surface area (Å²) < 4.78 is 71.2. The van der Waals surface area contributed by atoms with Crippen LogP contribution in [-0.2, 0) is 5.41 Å². The zero-order valence-corrected chi connectivity index (χ0v) is 13.7. The van der Waals surface area contributed by atoms with Crippen molar-refractivity contribution in [2.75, 3.05) is 0 Å². The van der Waals surface area contributed by atoms with Gasteiger partial charge in [0, 0.05) is 0 Å². The summed E-state index contributed by atoms with van der Waals surface area (Å²) in [4.78, 5) is 11.9. The van der Waals surface area contributed by atoms with Crippen molar-refractivity contribution in [2.45, 2.75) is 32.6 Å². The molecule has 0 aliphatic heterocycles. The van der Waals surface area contributed by atoms with Gasteiger partial charge >= 0.3 is 5.97 Å². The van der Waals surface area contributed by atoms with Crippen LogP contribution in [0.4, 0.5) is 22.0 Å². The molecule has 2 rings (SSSR count). The third-order valence-corrected chi connectivity index (χ3v) is 4.14. The Morgan fingerprint density at radius 2 is 1.32 bits per heavy atom. The van der Waals surface area contributed by atoms with E-state index in [1.165, 1.54) is 12.1 Å². The molecule has 0 saturated carbocycles. The average Bonchev–Trinajstić information content (AvgIpc) is 2.59. The van der Waals surface area contributed by atoms with Gasteiger partial charge in [-0.15, -0.1) is 0 Å². The first-order valence-electron chi connectivity index (χ1n) is 7.44. The van der Waals surface area contributed by atoms with E-state index in [4.69, 9.17) is 4.74 Å². The van der Waals surface area contributed by atoms with Crippen molar-refractivity contribution in [1.29, 1.82) is 0 Å². The maximum atomic E-state index is 13.6. The number of benzene rings is 2. The third-order valence-electron chi connectivity index (χ3n) is 4.14. The lowest BCUT2D eigenvalue weighted by Gasteiger charge is -2.23. The molecule has 0 spiro atoms. The van der Waals surface area contributed by atoms with Crippen LogP contribution in [0.5, 0.6) is 5.75 Å². The van der Waals surface area contributed by atoms with E-state index in [0.29, 0.717) is 0 Å². The second-order valence-corrected chi connectivity index (χ2v) is 6.10. The Balaban J connectivity index is 2.32. The predicted molar refractivity (Wildman–Crippen MR) is 80.9 cm³/mol. The highest BCUT2D eigenvalue weighted by atomic mass is 19.2. The van der Waals surface area contributed by atoms with E-state index in [-0.39, 0.29) is 11.2 Å². The van der Waals surface area contributed by atoms with Crippen molar-refractivity contribution in [3.05, 3.63) is 64.5 Å². The van der Waals surface area contributed by atoms with Crippen molar-refractivity contribution in [2.24, 2.45) is 0 Å². The fourth-order valence-corrected chi connectivity index (χ4v) is 2.12. The number of carbonyl (C=O) groups is 1. The molecular formula is C18H15F5O2. The smallest absolute Gasteiger partial charge is 0.349 e. The maximum absolute atomic E-state index is 13.6. The fourth-order valence-electron chi connectivity index (χ4n) is 2.12. The van der Waals surface area contributed by atoms with E-state index in [9.17, 15) is 26.7 Å². The highest BCUT2D eigenvalue weighted by molar-refractivity contribution is 5.91.